The molecule has 3 rings (SSSR count). The highest BCUT2D eigenvalue weighted by molar-refractivity contribution is 4.97. The van der Waals surface area contributed by atoms with E-state index in [2.05, 4.69) is 5.32 Å². The second-order valence-corrected chi connectivity index (χ2v) is 5.34. The molecule has 2 saturated heterocycles. The van der Waals surface area contributed by atoms with Gasteiger partial charge in [-0.1, -0.05) is 0 Å². The van der Waals surface area contributed by atoms with Crippen LogP contribution in [0.5, 0.6) is 0 Å². The van der Waals surface area contributed by atoms with Crippen molar-refractivity contribution in [2.75, 3.05) is 13.2 Å². The Hall–Kier alpha value is -0.0800. The summed E-state index contributed by atoms with van der Waals surface area (Å²) in [6.07, 6.45) is 9.47. The van der Waals surface area contributed by atoms with Gasteiger partial charge in [0.25, 0.3) is 0 Å². The van der Waals surface area contributed by atoms with E-state index in [0.29, 0.717) is 5.60 Å². The molecular weight excluding hydrogens is 174 g/mol. The van der Waals surface area contributed by atoms with Crippen LogP contribution in [0.25, 0.3) is 0 Å². The van der Waals surface area contributed by atoms with Gasteiger partial charge in [-0.05, 0) is 57.4 Å². The van der Waals surface area contributed by atoms with Crippen LogP contribution >= 0.6 is 0 Å². The van der Waals surface area contributed by atoms with Gasteiger partial charge >= 0.3 is 0 Å². The van der Waals surface area contributed by atoms with Crippen molar-refractivity contribution in [1.29, 1.82) is 0 Å². The van der Waals surface area contributed by atoms with Gasteiger partial charge in [0.2, 0.25) is 0 Å². The molecule has 0 bridgehead atoms. The van der Waals surface area contributed by atoms with Crippen LogP contribution in [0.4, 0.5) is 0 Å². The molecule has 0 radical (unpaired) electrons. The highest BCUT2D eigenvalue weighted by Gasteiger charge is 2.44. The highest BCUT2D eigenvalue weighted by Crippen LogP contribution is 2.45. The topological polar surface area (TPSA) is 21.3 Å². The van der Waals surface area contributed by atoms with Gasteiger partial charge in [-0.3, -0.25) is 0 Å². The van der Waals surface area contributed by atoms with Crippen LogP contribution in [-0.2, 0) is 4.74 Å². The van der Waals surface area contributed by atoms with Crippen molar-refractivity contribution in [3.05, 3.63) is 0 Å². The maximum atomic E-state index is 5.96. The molecule has 0 amide bonds. The SMILES string of the molecule is C1CNC(C2CCOC3(CCC3)C2)C1. The Labute approximate surface area is 86.4 Å². The van der Waals surface area contributed by atoms with Gasteiger partial charge in [0, 0.05) is 12.6 Å². The molecule has 14 heavy (non-hydrogen) atoms. The first-order valence-corrected chi connectivity index (χ1v) is 6.25. The quantitative estimate of drug-likeness (QED) is 0.691. The van der Waals surface area contributed by atoms with Crippen molar-refractivity contribution in [2.24, 2.45) is 5.92 Å². The Kier molecular flexibility index (Phi) is 2.29. The summed E-state index contributed by atoms with van der Waals surface area (Å²) in [5.74, 6) is 0.909. The molecular formula is C12H21NO. The van der Waals surface area contributed by atoms with Gasteiger partial charge < -0.3 is 10.1 Å². The highest BCUT2D eigenvalue weighted by atomic mass is 16.5. The zero-order valence-electron chi connectivity index (χ0n) is 8.93. The fourth-order valence-electron chi connectivity index (χ4n) is 3.44. The molecule has 2 aliphatic heterocycles. The molecule has 2 heteroatoms. The zero-order valence-corrected chi connectivity index (χ0v) is 8.93. The third-order valence-corrected chi connectivity index (χ3v) is 4.46. The van der Waals surface area contributed by atoms with E-state index in [4.69, 9.17) is 4.74 Å². The van der Waals surface area contributed by atoms with Crippen molar-refractivity contribution in [3.63, 3.8) is 0 Å². The average Bonchev–Trinajstić information content (AvgIpc) is 2.68. The van der Waals surface area contributed by atoms with Gasteiger partial charge in [-0.25, -0.2) is 0 Å². The summed E-state index contributed by atoms with van der Waals surface area (Å²) in [7, 11) is 0. The Morgan fingerprint density at radius 2 is 2.07 bits per heavy atom. The molecule has 1 saturated carbocycles. The van der Waals surface area contributed by atoms with Crippen molar-refractivity contribution in [1.82, 2.24) is 5.32 Å². The monoisotopic (exact) mass is 195 g/mol. The van der Waals surface area contributed by atoms with E-state index in [9.17, 15) is 0 Å². The normalized spacial score (nSPS) is 41.1. The lowest BCUT2D eigenvalue weighted by Gasteiger charge is -2.48. The van der Waals surface area contributed by atoms with Crippen LogP contribution in [0.2, 0.25) is 0 Å². The summed E-state index contributed by atoms with van der Waals surface area (Å²) in [6, 6.07) is 0.816. The molecule has 2 nitrogen and oxygen atoms in total. The van der Waals surface area contributed by atoms with Crippen LogP contribution in [0.3, 0.4) is 0 Å². The number of nitrogens with one attached hydrogen (secondary N) is 1. The molecule has 2 unspecified atom stereocenters. The lowest BCUT2D eigenvalue weighted by Crippen LogP contribution is -2.49. The molecule has 1 spiro atoms. The molecule has 1 N–H and O–H groups in total. The zero-order chi connectivity index (χ0) is 9.43. The molecule has 0 aromatic rings. The van der Waals surface area contributed by atoms with E-state index >= 15 is 0 Å². The van der Waals surface area contributed by atoms with Gasteiger partial charge in [-0.15, -0.1) is 0 Å². The lowest BCUT2D eigenvalue weighted by molar-refractivity contribution is -0.146. The number of hydrogen-bond acceptors (Lipinski definition) is 2. The summed E-state index contributed by atoms with van der Waals surface area (Å²) in [6.45, 7) is 2.26. The van der Waals surface area contributed by atoms with Gasteiger partial charge in [0.05, 0.1) is 5.60 Å². The molecule has 2 atom stereocenters. The standard InChI is InChI=1S/C12H21NO/c1-3-11(13-7-1)10-4-8-14-12(9-10)5-2-6-12/h10-11,13H,1-9H2. The smallest absolute Gasteiger partial charge is 0.0685 e. The largest absolute Gasteiger partial charge is 0.375 e. The number of ether oxygens (including phenoxy) is 1. The van der Waals surface area contributed by atoms with Crippen molar-refractivity contribution in [2.45, 2.75) is 56.6 Å². The van der Waals surface area contributed by atoms with Gasteiger partial charge in [0.15, 0.2) is 0 Å². The molecule has 0 aromatic heterocycles. The second-order valence-electron chi connectivity index (χ2n) is 5.34. The van der Waals surface area contributed by atoms with E-state index in [-0.39, 0.29) is 0 Å². The molecule has 1 aliphatic carbocycles. The van der Waals surface area contributed by atoms with Crippen LogP contribution < -0.4 is 5.32 Å². The summed E-state index contributed by atoms with van der Waals surface area (Å²) >= 11 is 0. The van der Waals surface area contributed by atoms with Gasteiger partial charge in [-0.2, -0.15) is 0 Å². The van der Waals surface area contributed by atoms with E-state index in [0.717, 1.165) is 18.6 Å². The summed E-state index contributed by atoms with van der Waals surface area (Å²) in [4.78, 5) is 0. The second kappa shape index (κ2) is 3.49. The molecule has 3 aliphatic rings. The third kappa shape index (κ3) is 1.49. The predicted molar refractivity (Wildman–Crippen MR) is 56.3 cm³/mol. The predicted octanol–water partition coefficient (Wildman–Crippen LogP) is 2.09. The minimum Gasteiger partial charge on any atom is -0.375 e. The maximum absolute atomic E-state index is 5.96. The first-order valence-electron chi connectivity index (χ1n) is 6.25. The lowest BCUT2D eigenvalue weighted by atomic mass is 9.70. The number of hydrogen-bond donors (Lipinski definition) is 1. The van der Waals surface area contributed by atoms with E-state index in [1.54, 1.807) is 0 Å². The van der Waals surface area contributed by atoms with Crippen molar-refractivity contribution in [3.8, 4) is 0 Å². The molecule has 2 heterocycles. The first-order chi connectivity index (χ1) is 6.88. The molecule has 80 valence electrons. The summed E-state index contributed by atoms with van der Waals surface area (Å²) < 4.78 is 5.96. The van der Waals surface area contributed by atoms with Crippen LogP contribution in [-0.4, -0.2) is 24.8 Å². The Bertz CT molecular complexity index is 206. The van der Waals surface area contributed by atoms with Crippen LogP contribution in [0.15, 0.2) is 0 Å². The van der Waals surface area contributed by atoms with Crippen molar-refractivity contribution >= 4 is 0 Å². The summed E-state index contributed by atoms with van der Waals surface area (Å²) in [5.41, 5.74) is 0.340. The number of rotatable bonds is 1. The Balaban J connectivity index is 1.63. The van der Waals surface area contributed by atoms with Gasteiger partial charge in [0.1, 0.15) is 0 Å². The fourth-order valence-corrected chi connectivity index (χ4v) is 3.44. The molecule has 3 fully saturated rings. The van der Waals surface area contributed by atoms with E-state index in [1.807, 2.05) is 0 Å². The summed E-state index contributed by atoms with van der Waals surface area (Å²) in [5, 5.41) is 3.66. The third-order valence-electron chi connectivity index (χ3n) is 4.46. The van der Waals surface area contributed by atoms with E-state index < -0.39 is 0 Å². The van der Waals surface area contributed by atoms with Crippen molar-refractivity contribution < 1.29 is 4.74 Å². The average molecular weight is 195 g/mol. The van der Waals surface area contributed by atoms with Crippen LogP contribution in [0.1, 0.15) is 44.9 Å². The molecule has 0 aromatic carbocycles. The van der Waals surface area contributed by atoms with Crippen LogP contribution in [0, 0.1) is 5.92 Å². The minimum atomic E-state index is 0.340. The first kappa shape index (κ1) is 9.17. The Morgan fingerprint density at radius 1 is 1.14 bits per heavy atom. The fraction of sp³-hybridized carbons (Fsp3) is 1.00. The minimum absolute atomic E-state index is 0.340. The maximum Gasteiger partial charge on any atom is 0.0685 e. The van der Waals surface area contributed by atoms with E-state index in [1.165, 1.54) is 51.5 Å². The Morgan fingerprint density at radius 3 is 2.71 bits per heavy atom.